The van der Waals surface area contributed by atoms with Gasteiger partial charge in [-0.25, -0.2) is 8.42 Å². The number of hydrogen-bond acceptors (Lipinski definition) is 6. The van der Waals surface area contributed by atoms with E-state index < -0.39 is 21.9 Å². The summed E-state index contributed by atoms with van der Waals surface area (Å²) in [5.41, 5.74) is 0. The molecule has 166 valence electrons. The number of carbonyl (C=O) groups excluding carboxylic acids is 2. The summed E-state index contributed by atoms with van der Waals surface area (Å²) in [4.78, 5) is 24.7. The van der Waals surface area contributed by atoms with Crippen molar-refractivity contribution in [2.45, 2.75) is 55.9 Å². The van der Waals surface area contributed by atoms with E-state index in [2.05, 4.69) is 5.32 Å². The molecule has 1 amide bonds. The summed E-state index contributed by atoms with van der Waals surface area (Å²) in [6.07, 6.45) is 6.41. The van der Waals surface area contributed by atoms with Gasteiger partial charge in [0.15, 0.2) is 6.61 Å². The molecule has 0 bridgehead atoms. The molecule has 0 spiro atoms. The molecule has 30 heavy (non-hydrogen) atoms. The van der Waals surface area contributed by atoms with E-state index in [1.165, 1.54) is 30.0 Å². The fourth-order valence-corrected chi connectivity index (χ4v) is 5.54. The first-order valence-corrected chi connectivity index (χ1v) is 11.9. The van der Waals surface area contributed by atoms with Crippen LogP contribution in [0.5, 0.6) is 5.75 Å². The van der Waals surface area contributed by atoms with Crippen molar-refractivity contribution in [3.05, 3.63) is 24.3 Å². The van der Waals surface area contributed by atoms with Crippen LogP contribution in [0.2, 0.25) is 0 Å². The number of benzene rings is 1. The van der Waals surface area contributed by atoms with Crippen molar-refractivity contribution < 1.29 is 27.5 Å². The maximum absolute atomic E-state index is 12.9. The number of rotatable bonds is 7. The van der Waals surface area contributed by atoms with Gasteiger partial charge in [0, 0.05) is 19.1 Å². The number of nitrogens with one attached hydrogen (secondary N) is 1. The minimum atomic E-state index is -3.71. The van der Waals surface area contributed by atoms with Crippen LogP contribution in [0.4, 0.5) is 0 Å². The van der Waals surface area contributed by atoms with Crippen LogP contribution in [-0.2, 0) is 24.3 Å². The lowest BCUT2D eigenvalue weighted by Gasteiger charge is -2.30. The fourth-order valence-electron chi connectivity index (χ4n) is 4.02. The van der Waals surface area contributed by atoms with Gasteiger partial charge in [-0.05, 0) is 49.9 Å². The molecule has 1 saturated carbocycles. The average Bonchev–Trinajstić information content (AvgIpc) is 2.78. The maximum atomic E-state index is 12.9. The second kappa shape index (κ2) is 10.3. The molecule has 1 atom stereocenters. The normalized spacial score (nSPS) is 21.0. The van der Waals surface area contributed by atoms with Crippen LogP contribution in [0, 0.1) is 5.92 Å². The topological polar surface area (TPSA) is 102 Å². The summed E-state index contributed by atoms with van der Waals surface area (Å²) in [7, 11) is -2.20. The zero-order valence-corrected chi connectivity index (χ0v) is 18.2. The molecule has 1 aliphatic heterocycles. The van der Waals surface area contributed by atoms with Crippen LogP contribution < -0.4 is 10.1 Å². The monoisotopic (exact) mass is 438 g/mol. The molecular weight excluding hydrogens is 408 g/mol. The number of piperidine rings is 1. The Balaban J connectivity index is 1.52. The molecule has 2 fully saturated rings. The van der Waals surface area contributed by atoms with Crippen LogP contribution in [-0.4, -0.2) is 57.4 Å². The molecule has 1 N–H and O–H groups in total. The first-order valence-electron chi connectivity index (χ1n) is 10.5. The number of carbonyl (C=O) groups is 2. The molecule has 0 aromatic heterocycles. The number of methoxy groups -OCH3 is 1. The van der Waals surface area contributed by atoms with Gasteiger partial charge in [-0.1, -0.05) is 19.3 Å². The molecule has 1 aliphatic carbocycles. The maximum Gasteiger partial charge on any atom is 0.310 e. The third-order valence-corrected chi connectivity index (χ3v) is 7.61. The van der Waals surface area contributed by atoms with Crippen molar-refractivity contribution >= 4 is 21.9 Å². The Morgan fingerprint density at radius 2 is 1.77 bits per heavy atom. The Hall–Kier alpha value is -2.13. The van der Waals surface area contributed by atoms with E-state index in [0.29, 0.717) is 25.1 Å². The van der Waals surface area contributed by atoms with Gasteiger partial charge in [0.05, 0.1) is 17.9 Å². The van der Waals surface area contributed by atoms with Crippen LogP contribution in [0.25, 0.3) is 0 Å². The van der Waals surface area contributed by atoms with Gasteiger partial charge in [0.25, 0.3) is 5.91 Å². The lowest BCUT2D eigenvalue weighted by atomic mass is 9.95. The Bertz CT molecular complexity index is 834. The standard InChI is InChI=1S/C21H30N2O6S/c1-28-18-9-11-19(12-10-18)30(26,27)23-13-5-6-16(14-23)21(25)29-15-20(24)22-17-7-3-2-4-8-17/h9-12,16-17H,2-8,13-15H2,1H3,(H,22,24). The third-order valence-electron chi connectivity index (χ3n) is 5.73. The molecule has 1 unspecified atom stereocenters. The summed E-state index contributed by atoms with van der Waals surface area (Å²) < 4.78 is 37.4. The molecule has 1 aromatic carbocycles. The Morgan fingerprint density at radius 3 is 2.43 bits per heavy atom. The molecule has 0 radical (unpaired) electrons. The van der Waals surface area contributed by atoms with Gasteiger partial charge in [-0.3, -0.25) is 9.59 Å². The molecule has 3 rings (SSSR count). The number of esters is 1. The second-order valence-electron chi connectivity index (χ2n) is 7.89. The van der Waals surface area contributed by atoms with Gasteiger partial charge in [-0.2, -0.15) is 4.31 Å². The SMILES string of the molecule is COc1ccc(S(=O)(=O)N2CCCC(C(=O)OCC(=O)NC3CCCCC3)C2)cc1. The van der Waals surface area contributed by atoms with Crippen molar-refractivity contribution in [2.24, 2.45) is 5.92 Å². The van der Waals surface area contributed by atoms with E-state index in [4.69, 9.17) is 9.47 Å². The summed E-state index contributed by atoms with van der Waals surface area (Å²) in [6, 6.07) is 6.32. The van der Waals surface area contributed by atoms with Crippen LogP contribution in [0.15, 0.2) is 29.2 Å². The van der Waals surface area contributed by atoms with E-state index in [1.54, 1.807) is 12.1 Å². The van der Waals surface area contributed by atoms with Crippen LogP contribution in [0.1, 0.15) is 44.9 Å². The van der Waals surface area contributed by atoms with Gasteiger partial charge < -0.3 is 14.8 Å². The van der Waals surface area contributed by atoms with Gasteiger partial charge >= 0.3 is 5.97 Å². The number of ether oxygens (including phenoxy) is 2. The highest BCUT2D eigenvalue weighted by Gasteiger charge is 2.34. The summed E-state index contributed by atoms with van der Waals surface area (Å²) >= 11 is 0. The van der Waals surface area contributed by atoms with Crippen LogP contribution >= 0.6 is 0 Å². The van der Waals surface area contributed by atoms with E-state index >= 15 is 0 Å². The summed E-state index contributed by atoms with van der Waals surface area (Å²) in [5.74, 6) is -0.827. The van der Waals surface area contributed by atoms with Crippen molar-refractivity contribution in [1.82, 2.24) is 9.62 Å². The Morgan fingerprint density at radius 1 is 1.07 bits per heavy atom. The molecular formula is C21H30N2O6S. The molecule has 2 aliphatic rings. The second-order valence-corrected chi connectivity index (χ2v) is 9.83. The average molecular weight is 439 g/mol. The first-order chi connectivity index (χ1) is 14.4. The molecule has 9 heteroatoms. The fraction of sp³-hybridized carbons (Fsp3) is 0.619. The molecule has 1 heterocycles. The van der Waals surface area contributed by atoms with Gasteiger partial charge in [-0.15, -0.1) is 0 Å². The number of hydrogen-bond donors (Lipinski definition) is 1. The van der Waals surface area contributed by atoms with Crippen molar-refractivity contribution in [3.8, 4) is 5.75 Å². The van der Waals surface area contributed by atoms with E-state index in [1.807, 2.05) is 0 Å². The highest BCUT2D eigenvalue weighted by molar-refractivity contribution is 7.89. The number of amides is 1. The quantitative estimate of drug-likeness (QED) is 0.654. The predicted octanol–water partition coefficient (Wildman–Crippen LogP) is 2.09. The molecule has 8 nitrogen and oxygen atoms in total. The smallest absolute Gasteiger partial charge is 0.310 e. The summed E-state index contributed by atoms with van der Waals surface area (Å²) in [5, 5.41) is 2.91. The lowest BCUT2D eigenvalue weighted by Crippen LogP contribution is -2.43. The zero-order valence-electron chi connectivity index (χ0n) is 17.3. The third kappa shape index (κ3) is 5.72. The molecule has 1 saturated heterocycles. The van der Waals surface area contributed by atoms with E-state index in [0.717, 1.165) is 25.7 Å². The zero-order chi connectivity index (χ0) is 21.6. The molecule has 1 aromatic rings. The number of sulfonamides is 1. The first kappa shape index (κ1) is 22.6. The van der Waals surface area contributed by atoms with Gasteiger partial charge in [0.1, 0.15) is 5.75 Å². The minimum Gasteiger partial charge on any atom is -0.497 e. The Labute approximate surface area is 178 Å². The van der Waals surface area contributed by atoms with E-state index in [-0.39, 0.29) is 30.0 Å². The van der Waals surface area contributed by atoms with E-state index in [9.17, 15) is 18.0 Å². The highest BCUT2D eigenvalue weighted by Crippen LogP contribution is 2.26. The van der Waals surface area contributed by atoms with Crippen molar-refractivity contribution in [1.29, 1.82) is 0 Å². The number of nitrogens with zero attached hydrogens (tertiary/aromatic N) is 1. The minimum absolute atomic E-state index is 0.0530. The van der Waals surface area contributed by atoms with Gasteiger partial charge in [0.2, 0.25) is 10.0 Å². The largest absolute Gasteiger partial charge is 0.497 e. The van der Waals surface area contributed by atoms with Crippen molar-refractivity contribution in [3.63, 3.8) is 0 Å². The lowest BCUT2D eigenvalue weighted by molar-refractivity contribution is -0.153. The highest BCUT2D eigenvalue weighted by atomic mass is 32.2. The predicted molar refractivity (Wildman–Crippen MR) is 110 cm³/mol. The van der Waals surface area contributed by atoms with Crippen molar-refractivity contribution in [2.75, 3.05) is 26.8 Å². The summed E-state index contributed by atoms with van der Waals surface area (Å²) in [6.45, 7) is 0.0782. The Kier molecular flexibility index (Phi) is 7.71. The van der Waals surface area contributed by atoms with Crippen LogP contribution in [0.3, 0.4) is 0 Å².